The Kier molecular flexibility index (Phi) is 4.42. The molecule has 0 radical (unpaired) electrons. The van der Waals surface area contributed by atoms with Crippen molar-refractivity contribution in [3.63, 3.8) is 0 Å². The van der Waals surface area contributed by atoms with Gasteiger partial charge in [-0.3, -0.25) is 0 Å². The van der Waals surface area contributed by atoms with Crippen molar-refractivity contribution < 1.29 is 5.11 Å². The van der Waals surface area contributed by atoms with Gasteiger partial charge in [-0.05, 0) is 47.0 Å². The third-order valence-electron chi connectivity index (χ3n) is 2.28. The van der Waals surface area contributed by atoms with E-state index in [0.29, 0.717) is 6.04 Å². The zero-order valence-corrected chi connectivity index (χ0v) is 10.1. The van der Waals surface area contributed by atoms with Gasteiger partial charge in [-0.25, -0.2) is 0 Å². The SMILES string of the molecule is CC[C@@H](C)NCc1ccc(O)c(Br)c1. The summed E-state index contributed by atoms with van der Waals surface area (Å²) in [5.74, 6) is 0.289. The van der Waals surface area contributed by atoms with E-state index in [1.807, 2.05) is 12.1 Å². The van der Waals surface area contributed by atoms with Crippen molar-refractivity contribution in [1.82, 2.24) is 5.32 Å². The Bertz CT molecular complexity index is 301. The summed E-state index contributed by atoms with van der Waals surface area (Å²) in [5, 5.41) is 12.7. The Morgan fingerprint density at radius 1 is 1.50 bits per heavy atom. The smallest absolute Gasteiger partial charge is 0.129 e. The van der Waals surface area contributed by atoms with Gasteiger partial charge >= 0.3 is 0 Å². The number of benzene rings is 1. The van der Waals surface area contributed by atoms with Crippen LogP contribution in [-0.2, 0) is 6.54 Å². The summed E-state index contributed by atoms with van der Waals surface area (Å²) < 4.78 is 0.751. The molecule has 0 aliphatic rings. The minimum atomic E-state index is 0.289. The molecule has 2 nitrogen and oxygen atoms in total. The molecule has 0 heterocycles. The standard InChI is InChI=1S/C11H16BrNO/c1-3-8(2)13-7-9-4-5-11(14)10(12)6-9/h4-6,8,13-14H,3,7H2,1-2H3/t8-/m1/s1. The van der Waals surface area contributed by atoms with Gasteiger partial charge in [-0.2, -0.15) is 0 Å². The first-order valence-electron chi connectivity index (χ1n) is 4.84. The van der Waals surface area contributed by atoms with Gasteiger partial charge in [0, 0.05) is 12.6 Å². The number of rotatable bonds is 4. The molecule has 78 valence electrons. The highest BCUT2D eigenvalue weighted by Gasteiger charge is 2.01. The van der Waals surface area contributed by atoms with Crippen molar-refractivity contribution in [2.24, 2.45) is 0 Å². The van der Waals surface area contributed by atoms with Crippen LogP contribution in [0.1, 0.15) is 25.8 Å². The van der Waals surface area contributed by atoms with Gasteiger partial charge in [0.1, 0.15) is 5.75 Å². The molecule has 0 spiro atoms. The summed E-state index contributed by atoms with van der Waals surface area (Å²) in [6, 6.07) is 6.10. The fraction of sp³-hybridized carbons (Fsp3) is 0.455. The first-order chi connectivity index (χ1) is 6.63. The minimum Gasteiger partial charge on any atom is -0.507 e. The third kappa shape index (κ3) is 3.31. The Balaban J connectivity index is 2.55. The Hall–Kier alpha value is -0.540. The lowest BCUT2D eigenvalue weighted by Gasteiger charge is -2.11. The summed E-state index contributed by atoms with van der Waals surface area (Å²) >= 11 is 3.29. The van der Waals surface area contributed by atoms with E-state index in [1.165, 1.54) is 5.56 Å². The third-order valence-corrected chi connectivity index (χ3v) is 2.91. The molecule has 0 bridgehead atoms. The summed E-state index contributed by atoms with van der Waals surface area (Å²) in [5.41, 5.74) is 1.18. The highest BCUT2D eigenvalue weighted by atomic mass is 79.9. The fourth-order valence-corrected chi connectivity index (χ4v) is 1.52. The Morgan fingerprint density at radius 3 is 2.79 bits per heavy atom. The van der Waals surface area contributed by atoms with Crippen molar-refractivity contribution in [3.8, 4) is 5.75 Å². The number of phenolic OH excluding ortho intramolecular Hbond substituents is 1. The number of hydrogen-bond acceptors (Lipinski definition) is 2. The van der Waals surface area contributed by atoms with Crippen molar-refractivity contribution in [1.29, 1.82) is 0 Å². The highest BCUT2D eigenvalue weighted by Crippen LogP contribution is 2.24. The second-order valence-electron chi connectivity index (χ2n) is 3.48. The molecule has 3 heteroatoms. The van der Waals surface area contributed by atoms with E-state index in [-0.39, 0.29) is 5.75 Å². The molecule has 0 saturated carbocycles. The average molecular weight is 258 g/mol. The summed E-state index contributed by atoms with van der Waals surface area (Å²) in [4.78, 5) is 0. The van der Waals surface area contributed by atoms with Crippen LogP contribution in [0.25, 0.3) is 0 Å². The molecule has 0 aliphatic carbocycles. The zero-order valence-electron chi connectivity index (χ0n) is 8.55. The maximum atomic E-state index is 9.30. The minimum absolute atomic E-state index is 0.289. The molecule has 14 heavy (non-hydrogen) atoms. The van der Waals surface area contributed by atoms with E-state index in [1.54, 1.807) is 6.07 Å². The molecule has 1 atom stereocenters. The van der Waals surface area contributed by atoms with E-state index in [9.17, 15) is 5.11 Å². The van der Waals surface area contributed by atoms with Gasteiger partial charge < -0.3 is 10.4 Å². The molecule has 0 aliphatic heterocycles. The molecular weight excluding hydrogens is 242 g/mol. The normalized spacial score (nSPS) is 12.8. The van der Waals surface area contributed by atoms with Gasteiger partial charge in [0.05, 0.1) is 4.47 Å². The van der Waals surface area contributed by atoms with Gasteiger partial charge in [0.25, 0.3) is 0 Å². The molecule has 0 amide bonds. The van der Waals surface area contributed by atoms with E-state index >= 15 is 0 Å². The van der Waals surface area contributed by atoms with Crippen molar-refractivity contribution in [3.05, 3.63) is 28.2 Å². The van der Waals surface area contributed by atoms with Gasteiger partial charge in [0.2, 0.25) is 0 Å². The van der Waals surface area contributed by atoms with Crippen LogP contribution in [0, 0.1) is 0 Å². The molecule has 1 aromatic rings. The number of phenols is 1. The monoisotopic (exact) mass is 257 g/mol. The quantitative estimate of drug-likeness (QED) is 0.870. The molecule has 0 aromatic heterocycles. The van der Waals surface area contributed by atoms with E-state index in [2.05, 4.69) is 35.1 Å². The number of hydrogen-bond donors (Lipinski definition) is 2. The molecule has 1 aromatic carbocycles. The Labute approximate surface area is 93.5 Å². The average Bonchev–Trinajstić information content (AvgIpc) is 2.19. The van der Waals surface area contributed by atoms with E-state index in [4.69, 9.17) is 0 Å². The lowest BCUT2D eigenvalue weighted by molar-refractivity contribution is 0.471. The van der Waals surface area contributed by atoms with Crippen LogP contribution in [0.3, 0.4) is 0 Å². The first kappa shape index (κ1) is 11.5. The van der Waals surface area contributed by atoms with Crippen molar-refractivity contribution >= 4 is 15.9 Å². The number of nitrogens with one attached hydrogen (secondary N) is 1. The number of aromatic hydroxyl groups is 1. The van der Waals surface area contributed by atoms with Gasteiger partial charge in [-0.1, -0.05) is 13.0 Å². The summed E-state index contributed by atoms with van der Waals surface area (Å²) in [7, 11) is 0. The van der Waals surface area contributed by atoms with Crippen LogP contribution in [0.4, 0.5) is 0 Å². The van der Waals surface area contributed by atoms with Gasteiger partial charge in [-0.15, -0.1) is 0 Å². The Morgan fingerprint density at radius 2 is 2.21 bits per heavy atom. The molecule has 0 fully saturated rings. The van der Waals surface area contributed by atoms with Crippen LogP contribution in [-0.4, -0.2) is 11.1 Å². The first-order valence-corrected chi connectivity index (χ1v) is 5.63. The van der Waals surface area contributed by atoms with E-state index in [0.717, 1.165) is 17.4 Å². The molecule has 0 unspecified atom stereocenters. The van der Waals surface area contributed by atoms with E-state index < -0.39 is 0 Å². The van der Waals surface area contributed by atoms with Crippen molar-refractivity contribution in [2.75, 3.05) is 0 Å². The second-order valence-corrected chi connectivity index (χ2v) is 4.33. The topological polar surface area (TPSA) is 32.3 Å². The highest BCUT2D eigenvalue weighted by molar-refractivity contribution is 9.10. The molecule has 0 saturated heterocycles. The second kappa shape index (κ2) is 5.37. The maximum Gasteiger partial charge on any atom is 0.129 e. The zero-order chi connectivity index (χ0) is 10.6. The largest absolute Gasteiger partial charge is 0.507 e. The summed E-state index contributed by atoms with van der Waals surface area (Å²) in [6.45, 7) is 5.16. The predicted octanol–water partition coefficient (Wildman–Crippen LogP) is 3.04. The molecular formula is C11H16BrNO. The maximum absolute atomic E-state index is 9.30. The molecule has 1 rings (SSSR count). The van der Waals surface area contributed by atoms with Crippen molar-refractivity contribution in [2.45, 2.75) is 32.9 Å². The van der Waals surface area contributed by atoms with Gasteiger partial charge in [0.15, 0.2) is 0 Å². The van der Waals surface area contributed by atoms with Crippen LogP contribution < -0.4 is 5.32 Å². The van der Waals surface area contributed by atoms with Crippen LogP contribution in [0.15, 0.2) is 22.7 Å². The fourth-order valence-electron chi connectivity index (χ4n) is 1.10. The lowest BCUT2D eigenvalue weighted by atomic mass is 10.2. The summed E-state index contributed by atoms with van der Waals surface area (Å²) in [6.07, 6.45) is 1.12. The molecule has 2 N–H and O–H groups in total. The van der Waals surface area contributed by atoms with Crippen LogP contribution in [0.5, 0.6) is 5.75 Å². The number of halogens is 1. The lowest BCUT2D eigenvalue weighted by Crippen LogP contribution is -2.24. The predicted molar refractivity (Wildman–Crippen MR) is 62.4 cm³/mol. The van der Waals surface area contributed by atoms with Crippen LogP contribution in [0.2, 0.25) is 0 Å². The van der Waals surface area contributed by atoms with Crippen LogP contribution >= 0.6 is 15.9 Å².